The number of thioether (sulfide) groups is 1. The van der Waals surface area contributed by atoms with Gasteiger partial charge in [0.15, 0.2) is 5.78 Å². The second kappa shape index (κ2) is 7.31. The molecule has 2 aromatic rings. The van der Waals surface area contributed by atoms with Crippen molar-refractivity contribution in [2.24, 2.45) is 0 Å². The normalized spacial score (nSPS) is 16.0. The van der Waals surface area contributed by atoms with Crippen LogP contribution in [0, 0.1) is 3.57 Å². The number of hydrogen-bond donors (Lipinski definition) is 0. The number of Topliss-reactive ketones (excluding diaryl/α,β-unsaturated/α-hetero) is 1. The molecular formula is C18H12INO3S. The minimum atomic E-state index is -0.423. The summed E-state index contributed by atoms with van der Waals surface area (Å²) in [5.41, 5.74) is 1.33. The first-order chi connectivity index (χ1) is 11.5. The van der Waals surface area contributed by atoms with Gasteiger partial charge in [-0.25, -0.2) is 0 Å². The van der Waals surface area contributed by atoms with Crippen molar-refractivity contribution in [3.05, 3.63) is 74.2 Å². The van der Waals surface area contributed by atoms with Gasteiger partial charge in [0.2, 0.25) is 0 Å². The Morgan fingerprint density at radius 1 is 1.04 bits per heavy atom. The maximum atomic E-state index is 12.4. The van der Waals surface area contributed by atoms with Gasteiger partial charge in [0, 0.05) is 9.13 Å². The molecule has 1 aliphatic heterocycles. The molecule has 1 fully saturated rings. The molecule has 4 nitrogen and oxygen atoms in total. The molecule has 0 N–H and O–H groups in total. The van der Waals surface area contributed by atoms with Crippen LogP contribution in [0.25, 0.3) is 6.08 Å². The van der Waals surface area contributed by atoms with Crippen molar-refractivity contribution in [1.82, 2.24) is 4.90 Å². The Labute approximate surface area is 157 Å². The first-order valence-electron chi connectivity index (χ1n) is 7.14. The number of halogens is 1. The smallest absolute Gasteiger partial charge is 0.292 e. The van der Waals surface area contributed by atoms with E-state index in [2.05, 4.69) is 22.6 Å². The zero-order chi connectivity index (χ0) is 17.1. The van der Waals surface area contributed by atoms with Crippen LogP contribution in [0.3, 0.4) is 0 Å². The molecule has 0 radical (unpaired) electrons. The van der Waals surface area contributed by atoms with Crippen LogP contribution in [-0.4, -0.2) is 28.4 Å². The number of amides is 2. The van der Waals surface area contributed by atoms with Crippen LogP contribution >= 0.6 is 34.4 Å². The Morgan fingerprint density at radius 2 is 1.71 bits per heavy atom. The topological polar surface area (TPSA) is 54.5 Å². The lowest BCUT2D eigenvalue weighted by molar-refractivity contribution is -0.122. The summed E-state index contributed by atoms with van der Waals surface area (Å²) in [7, 11) is 0. The SMILES string of the molecule is O=C(CN1C(=O)S/C(=C\c2ccc(I)cc2)C1=O)c1ccccc1. The maximum Gasteiger partial charge on any atom is 0.293 e. The van der Waals surface area contributed by atoms with Gasteiger partial charge in [-0.15, -0.1) is 0 Å². The van der Waals surface area contributed by atoms with Crippen LogP contribution in [-0.2, 0) is 4.79 Å². The van der Waals surface area contributed by atoms with E-state index in [1.54, 1.807) is 36.4 Å². The van der Waals surface area contributed by atoms with Crippen molar-refractivity contribution in [1.29, 1.82) is 0 Å². The predicted octanol–water partition coefficient (Wildman–Crippen LogP) is 4.21. The molecule has 2 aromatic carbocycles. The zero-order valence-electron chi connectivity index (χ0n) is 12.4. The average Bonchev–Trinajstić information content (AvgIpc) is 2.85. The highest BCUT2D eigenvalue weighted by Crippen LogP contribution is 2.32. The lowest BCUT2D eigenvalue weighted by Gasteiger charge is -2.11. The summed E-state index contributed by atoms with van der Waals surface area (Å²) in [6, 6.07) is 16.3. The van der Waals surface area contributed by atoms with Crippen molar-refractivity contribution in [2.75, 3.05) is 6.54 Å². The number of ketones is 1. The molecule has 2 amide bonds. The van der Waals surface area contributed by atoms with Crippen molar-refractivity contribution in [3.8, 4) is 0 Å². The van der Waals surface area contributed by atoms with E-state index in [0.29, 0.717) is 10.5 Å². The zero-order valence-corrected chi connectivity index (χ0v) is 15.4. The molecule has 3 rings (SSSR count). The summed E-state index contributed by atoms with van der Waals surface area (Å²) in [5.74, 6) is -0.679. The molecule has 0 atom stereocenters. The second-order valence-corrected chi connectivity index (χ2v) is 7.35. The number of imide groups is 1. The van der Waals surface area contributed by atoms with E-state index in [1.807, 2.05) is 24.3 Å². The molecule has 0 unspecified atom stereocenters. The summed E-state index contributed by atoms with van der Waals surface area (Å²) < 4.78 is 1.09. The van der Waals surface area contributed by atoms with Crippen LogP contribution < -0.4 is 0 Å². The fourth-order valence-electron chi connectivity index (χ4n) is 2.21. The summed E-state index contributed by atoms with van der Waals surface area (Å²) >= 11 is 3.06. The van der Waals surface area contributed by atoms with E-state index in [1.165, 1.54) is 0 Å². The minimum absolute atomic E-state index is 0.237. The van der Waals surface area contributed by atoms with Gasteiger partial charge in [-0.2, -0.15) is 0 Å². The second-order valence-electron chi connectivity index (χ2n) is 5.11. The van der Waals surface area contributed by atoms with E-state index >= 15 is 0 Å². The molecule has 1 heterocycles. The third-order valence-corrected chi connectivity index (χ3v) is 5.07. The van der Waals surface area contributed by atoms with Crippen LogP contribution in [0.2, 0.25) is 0 Å². The highest BCUT2D eigenvalue weighted by atomic mass is 127. The average molecular weight is 449 g/mol. The Bertz CT molecular complexity index is 831. The third-order valence-electron chi connectivity index (χ3n) is 3.44. The van der Waals surface area contributed by atoms with E-state index in [0.717, 1.165) is 25.8 Å². The van der Waals surface area contributed by atoms with E-state index in [4.69, 9.17) is 0 Å². The van der Waals surface area contributed by atoms with Crippen molar-refractivity contribution >= 4 is 57.4 Å². The monoisotopic (exact) mass is 449 g/mol. The third kappa shape index (κ3) is 3.76. The highest BCUT2D eigenvalue weighted by Gasteiger charge is 2.36. The molecule has 6 heteroatoms. The van der Waals surface area contributed by atoms with Crippen molar-refractivity contribution < 1.29 is 14.4 Å². The van der Waals surface area contributed by atoms with Crippen molar-refractivity contribution in [3.63, 3.8) is 0 Å². The molecular weight excluding hydrogens is 437 g/mol. The Hall–Kier alpha value is -1.93. The molecule has 0 bridgehead atoms. The lowest BCUT2D eigenvalue weighted by Crippen LogP contribution is -2.33. The number of hydrogen-bond acceptors (Lipinski definition) is 4. The number of nitrogens with zero attached hydrogens (tertiary/aromatic N) is 1. The number of carbonyl (C=O) groups is 3. The number of rotatable bonds is 4. The van der Waals surface area contributed by atoms with Crippen LogP contribution in [0.5, 0.6) is 0 Å². The molecule has 0 aromatic heterocycles. The van der Waals surface area contributed by atoms with E-state index < -0.39 is 11.1 Å². The van der Waals surface area contributed by atoms with Crippen LogP contribution in [0.4, 0.5) is 4.79 Å². The van der Waals surface area contributed by atoms with Gasteiger partial charge in [-0.1, -0.05) is 42.5 Å². The molecule has 1 saturated heterocycles. The molecule has 0 spiro atoms. The van der Waals surface area contributed by atoms with Gasteiger partial charge in [0.25, 0.3) is 11.1 Å². The van der Waals surface area contributed by atoms with Gasteiger partial charge >= 0.3 is 0 Å². The molecule has 0 saturated carbocycles. The quantitative estimate of drug-likeness (QED) is 0.399. The number of benzene rings is 2. The minimum Gasteiger partial charge on any atom is -0.292 e. The molecule has 1 aliphatic rings. The Kier molecular flexibility index (Phi) is 5.15. The van der Waals surface area contributed by atoms with Crippen LogP contribution in [0.1, 0.15) is 15.9 Å². The maximum absolute atomic E-state index is 12.4. The van der Waals surface area contributed by atoms with E-state index in [-0.39, 0.29) is 12.3 Å². The van der Waals surface area contributed by atoms with Gasteiger partial charge in [0.1, 0.15) is 0 Å². The summed E-state index contributed by atoms with van der Waals surface area (Å²) in [6.45, 7) is -0.237. The highest BCUT2D eigenvalue weighted by molar-refractivity contribution is 14.1. The first-order valence-corrected chi connectivity index (χ1v) is 9.03. The fourth-order valence-corrected chi connectivity index (χ4v) is 3.40. The predicted molar refractivity (Wildman–Crippen MR) is 103 cm³/mol. The standard InChI is InChI=1S/C18H12INO3S/c19-14-8-6-12(7-9-14)10-16-17(22)20(18(23)24-16)11-15(21)13-4-2-1-3-5-13/h1-10H,11H2/b16-10-. The number of carbonyl (C=O) groups excluding carboxylic acids is 3. The van der Waals surface area contributed by atoms with Crippen molar-refractivity contribution in [2.45, 2.75) is 0 Å². The fraction of sp³-hybridized carbons (Fsp3) is 0.0556. The van der Waals surface area contributed by atoms with Gasteiger partial charge < -0.3 is 0 Å². The lowest BCUT2D eigenvalue weighted by atomic mass is 10.1. The first kappa shape index (κ1) is 16.9. The van der Waals surface area contributed by atoms with E-state index in [9.17, 15) is 14.4 Å². The van der Waals surface area contributed by atoms with Gasteiger partial charge in [-0.05, 0) is 58.1 Å². The largest absolute Gasteiger partial charge is 0.293 e. The van der Waals surface area contributed by atoms with Gasteiger partial charge in [-0.3, -0.25) is 19.3 Å². The summed E-state index contributed by atoms with van der Waals surface area (Å²) in [4.78, 5) is 38.0. The Balaban J connectivity index is 1.77. The Morgan fingerprint density at radius 3 is 2.38 bits per heavy atom. The molecule has 120 valence electrons. The molecule has 24 heavy (non-hydrogen) atoms. The van der Waals surface area contributed by atoms with Crippen LogP contribution in [0.15, 0.2) is 59.5 Å². The van der Waals surface area contributed by atoms with Gasteiger partial charge in [0.05, 0.1) is 11.4 Å². The summed E-state index contributed by atoms with van der Waals surface area (Å²) in [6.07, 6.45) is 1.67. The molecule has 0 aliphatic carbocycles. The summed E-state index contributed by atoms with van der Waals surface area (Å²) in [5, 5.41) is -0.416.